The van der Waals surface area contributed by atoms with Crippen molar-refractivity contribution < 1.29 is 23.6 Å². The van der Waals surface area contributed by atoms with Gasteiger partial charge in [-0.1, -0.05) is 18.2 Å². The molecule has 3 N–H and O–H groups in total. The Morgan fingerprint density at radius 1 is 1.00 bits per heavy atom. The molecular weight excluding hydrogens is 785 g/mol. The lowest BCUT2D eigenvalue weighted by Crippen LogP contribution is -2.55. The average molecular weight is 841 g/mol. The lowest BCUT2D eigenvalue weighted by molar-refractivity contribution is -0.111. The molecule has 0 unspecified atom stereocenters. The minimum atomic E-state index is -2.57. The van der Waals surface area contributed by atoms with Crippen LogP contribution in [0.1, 0.15) is 33.6 Å². The van der Waals surface area contributed by atoms with Crippen molar-refractivity contribution in [2.75, 3.05) is 101 Å². The van der Waals surface area contributed by atoms with Gasteiger partial charge in [0.2, 0.25) is 11.9 Å². The number of nitrogens with zero attached hydrogens (tertiary/aromatic N) is 6. The molecule has 2 saturated heterocycles. The summed E-state index contributed by atoms with van der Waals surface area (Å²) in [5.41, 5.74) is 2.22. The molecule has 2 fully saturated rings. The van der Waals surface area contributed by atoms with Crippen molar-refractivity contribution in [1.82, 2.24) is 24.7 Å². The number of amides is 2. The minimum Gasteiger partial charge on any atom is -0.494 e. The third-order valence-electron chi connectivity index (χ3n) is 9.33. The van der Waals surface area contributed by atoms with Crippen molar-refractivity contribution in [3.05, 3.63) is 59.2 Å². The van der Waals surface area contributed by atoms with Crippen molar-refractivity contribution in [2.24, 2.45) is 0 Å². The van der Waals surface area contributed by atoms with Gasteiger partial charge in [-0.3, -0.25) is 9.69 Å². The molecule has 14 nitrogen and oxygen atoms in total. The molecule has 2 aromatic carbocycles. The third-order valence-corrected chi connectivity index (χ3v) is 11.5. The quantitative estimate of drug-likeness (QED) is 0.134. The van der Waals surface area contributed by atoms with Gasteiger partial charge in [-0.2, -0.15) is 4.98 Å². The van der Waals surface area contributed by atoms with Crippen LogP contribution in [0.3, 0.4) is 0 Å². The molecule has 16 heteroatoms. The molecule has 2 amide bonds. The number of piperazine rings is 1. The maximum atomic E-state index is 13.2. The molecule has 0 aliphatic carbocycles. The smallest absolute Gasteiger partial charge is 0.410 e. The molecule has 298 valence electrons. The summed E-state index contributed by atoms with van der Waals surface area (Å²) in [4.78, 5) is 43.6. The van der Waals surface area contributed by atoms with E-state index in [4.69, 9.17) is 14.5 Å². The van der Waals surface area contributed by atoms with Crippen LogP contribution in [0.15, 0.2) is 59.2 Å². The largest absolute Gasteiger partial charge is 0.494 e. The monoisotopic (exact) mass is 839 g/mol. The Kier molecular flexibility index (Phi) is 13.9. The summed E-state index contributed by atoms with van der Waals surface area (Å²) < 4.78 is 25.1. The molecule has 3 heterocycles. The Balaban J connectivity index is 1.35. The Morgan fingerprint density at radius 2 is 1.69 bits per heavy atom. The Labute approximate surface area is 333 Å². The molecular formula is C39H55BrN9O5P. The predicted octanol–water partition coefficient (Wildman–Crippen LogP) is 6.56. The van der Waals surface area contributed by atoms with Gasteiger partial charge < -0.3 is 44.7 Å². The van der Waals surface area contributed by atoms with E-state index in [1.807, 2.05) is 82.2 Å². The third kappa shape index (κ3) is 11.7. The van der Waals surface area contributed by atoms with E-state index in [-0.39, 0.29) is 12.0 Å². The summed E-state index contributed by atoms with van der Waals surface area (Å²) in [5.74, 6) is 1.09. The van der Waals surface area contributed by atoms with E-state index < -0.39 is 12.7 Å². The van der Waals surface area contributed by atoms with Gasteiger partial charge in [0.05, 0.1) is 34.3 Å². The number of halogens is 1. The summed E-state index contributed by atoms with van der Waals surface area (Å²) in [6, 6.07) is 11.7. The zero-order chi connectivity index (χ0) is 39.9. The highest BCUT2D eigenvalue weighted by molar-refractivity contribution is 9.10. The number of nitrogens with one attached hydrogen (secondary N) is 3. The number of aromatic nitrogens is 2. The fourth-order valence-corrected chi connectivity index (χ4v) is 8.07. The number of hydrogen-bond acceptors (Lipinski definition) is 12. The summed E-state index contributed by atoms with van der Waals surface area (Å²) >= 11 is 3.55. The number of likely N-dealkylation sites (N-methyl/N-ethyl adjacent to an activating group) is 1. The summed E-state index contributed by atoms with van der Waals surface area (Å²) in [5, 5.41) is 10.4. The van der Waals surface area contributed by atoms with E-state index in [1.165, 1.54) is 0 Å². The van der Waals surface area contributed by atoms with E-state index in [9.17, 15) is 14.2 Å². The van der Waals surface area contributed by atoms with Crippen LogP contribution in [0.4, 0.5) is 39.3 Å². The number of para-hydroxylation sites is 1. The van der Waals surface area contributed by atoms with Gasteiger partial charge >= 0.3 is 6.09 Å². The van der Waals surface area contributed by atoms with Crippen LogP contribution in [-0.4, -0.2) is 129 Å². The van der Waals surface area contributed by atoms with Gasteiger partial charge in [0, 0.05) is 75.5 Å². The van der Waals surface area contributed by atoms with E-state index >= 15 is 0 Å². The minimum absolute atomic E-state index is 0.244. The summed E-state index contributed by atoms with van der Waals surface area (Å²) in [6.07, 6.45) is 6.62. The van der Waals surface area contributed by atoms with Crippen LogP contribution in [0, 0.1) is 0 Å². The van der Waals surface area contributed by atoms with Gasteiger partial charge in [-0.05, 0) is 95.2 Å². The van der Waals surface area contributed by atoms with Crippen molar-refractivity contribution in [2.45, 2.75) is 45.3 Å². The van der Waals surface area contributed by atoms with Crippen LogP contribution >= 0.6 is 23.1 Å². The second-order valence-corrected chi connectivity index (χ2v) is 19.5. The van der Waals surface area contributed by atoms with Crippen LogP contribution in [0.2, 0.25) is 0 Å². The van der Waals surface area contributed by atoms with Crippen LogP contribution in [0.5, 0.6) is 5.75 Å². The second-order valence-electron chi connectivity index (χ2n) is 15.5. The second kappa shape index (κ2) is 18.2. The van der Waals surface area contributed by atoms with Gasteiger partial charge in [0.25, 0.3) is 0 Å². The molecule has 0 atom stereocenters. The number of carbonyl (C=O) groups is 2. The maximum absolute atomic E-state index is 13.2. The van der Waals surface area contributed by atoms with Crippen molar-refractivity contribution in [3.63, 3.8) is 0 Å². The first-order chi connectivity index (χ1) is 26.0. The van der Waals surface area contributed by atoms with E-state index in [0.29, 0.717) is 64.7 Å². The maximum Gasteiger partial charge on any atom is 0.410 e. The lowest BCUT2D eigenvalue weighted by atomic mass is 10.0. The molecule has 3 aromatic rings. The molecule has 2 aliphatic rings. The van der Waals surface area contributed by atoms with Crippen molar-refractivity contribution in [1.29, 1.82) is 0 Å². The number of carbonyl (C=O) groups excluding carboxylic acids is 2. The molecule has 0 spiro atoms. The van der Waals surface area contributed by atoms with Crippen LogP contribution in [-0.2, 0) is 14.1 Å². The van der Waals surface area contributed by atoms with Crippen molar-refractivity contribution >= 4 is 74.9 Å². The van der Waals surface area contributed by atoms with Gasteiger partial charge in [0.15, 0.2) is 0 Å². The molecule has 55 heavy (non-hydrogen) atoms. The van der Waals surface area contributed by atoms with E-state index in [0.717, 1.165) is 50.0 Å². The standard InChI is InChI=1S/C39H55BrN9O5P/c1-39(2,3)54-38(51)49-22-20-47(21-23-49)27-15-18-48(19-16-27)32-25-33(53-6)31(24-30(32)42-35(50)14-11-17-46(4)5)44-37-41-26-28(40)36(45-37)43-29-12-9-10-13-34(29)55(7,8)52/h9-14,24-27H,15-23H2,1-8H3,(H,42,50)(H2,41,43,44,45)/b14-11+. The number of hydrogen-bond donors (Lipinski definition) is 3. The number of methoxy groups -OCH3 is 1. The lowest BCUT2D eigenvalue weighted by Gasteiger charge is -2.43. The molecule has 0 bridgehead atoms. The summed E-state index contributed by atoms with van der Waals surface area (Å²) in [7, 11) is 2.93. The highest BCUT2D eigenvalue weighted by Gasteiger charge is 2.32. The highest BCUT2D eigenvalue weighted by Crippen LogP contribution is 2.41. The van der Waals surface area contributed by atoms with Crippen molar-refractivity contribution in [3.8, 4) is 5.75 Å². The van der Waals surface area contributed by atoms with Crippen LogP contribution in [0.25, 0.3) is 0 Å². The first-order valence-electron chi connectivity index (χ1n) is 18.5. The number of benzene rings is 2. The predicted molar refractivity (Wildman–Crippen MR) is 226 cm³/mol. The highest BCUT2D eigenvalue weighted by atomic mass is 79.9. The summed E-state index contributed by atoms with van der Waals surface area (Å²) in [6.45, 7) is 14.2. The SMILES string of the molecule is COc1cc(N2CCC(N3CCN(C(=O)OC(C)(C)C)CC3)CC2)c(NC(=O)/C=C/CN(C)C)cc1Nc1ncc(Br)c(Nc2ccccc2P(C)(C)=O)n1. The normalized spacial score (nSPS) is 16.0. The van der Waals surface area contributed by atoms with Gasteiger partial charge in [-0.15, -0.1) is 0 Å². The van der Waals surface area contributed by atoms with Crippen LogP contribution < -0.4 is 30.9 Å². The fourth-order valence-electron chi connectivity index (χ4n) is 6.62. The zero-order valence-electron chi connectivity index (χ0n) is 33.2. The zero-order valence-corrected chi connectivity index (χ0v) is 35.7. The van der Waals surface area contributed by atoms with E-state index in [2.05, 4.69) is 46.7 Å². The number of ether oxygens (including phenoxy) is 2. The molecule has 2 aliphatic heterocycles. The number of rotatable bonds is 12. The Hall–Kier alpha value is -4.17. The van der Waals surface area contributed by atoms with E-state index in [1.54, 1.807) is 37.6 Å². The topological polar surface area (TPSA) is 144 Å². The Bertz CT molecular complexity index is 1900. The first kappa shape index (κ1) is 42.0. The average Bonchev–Trinajstić information content (AvgIpc) is 3.12. The molecule has 0 radical (unpaired) electrons. The Morgan fingerprint density at radius 3 is 2.33 bits per heavy atom. The first-order valence-corrected chi connectivity index (χ1v) is 21.9. The number of anilines is 6. The number of piperidine rings is 1. The fraction of sp³-hybridized carbons (Fsp3) is 0.487. The molecule has 0 saturated carbocycles. The van der Waals surface area contributed by atoms with Gasteiger partial charge in [0.1, 0.15) is 24.3 Å². The molecule has 5 rings (SSSR count). The van der Waals surface area contributed by atoms with Gasteiger partial charge in [-0.25, -0.2) is 9.78 Å². The molecule has 1 aromatic heterocycles.